The van der Waals surface area contributed by atoms with Gasteiger partial charge in [-0.05, 0) is 26.0 Å². The topological polar surface area (TPSA) is 58.6 Å². The third-order valence-corrected chi connectivity index (χ3v) is 3.41. The minimum absolute atomic E-state index is 0.0812. The number of aliphatic hydroxyl groups is 1. The molecule has 0 bridgehead atoms. The zero-order valence-corrected chi connectivity index (χ0v) is 11.5. The molecule has 1 rings (SSSR count). The fourth-order valence-electron chi connectivity index (χ4n) is 1.39. The highest BCUT2D eigenvalue weighted by Gasteiger charge is 2.14. The lowest BCUT2D eigenvalue weighted by molar-refractivity contribution is -0.115. The van der Waals surface area contributed by atoms with Crippen LogP contribution in [0.2, 0.25) is 0 Å². The second kappa shape index (κ2) is 8.00. The normalized spacial score (nSPS) is 11.9. The quantitative estimate of drug-likeness (QED) is 0.796. The van der Waals surface area contributed by atoms with E-state index in [1.54, 1.807) is 0 Å². The molecule has 0 fully saturated rings. The van der Waals surface area contributed by atoms with Crippen molar-refractivity contribution < 1.29 is 14.6 Å². The molecule has 0 radical (unpaired) electrons. The number of hydrogen-bond acceptors (Lipinski definition) is 4. The molecule has 0 aliphatic heterocycles. The monoisotopic (exact) mass is 269 g/mol. The molecule has 1 aromatic rings. The summed E-state index contributed by atoms with van der Waals surface area (Å²) in [7, 11) is 0. The number of carbonyl (C=O) groups excluding carboxylic acids is 1. The van der Waals surface area contributed by atoms with Crippen molar-refractivity contribution in [3.63, 3.8) is 0 Å². The van der Waals surface area contributed by atoms with Gasteiger partial charge >= 0.3 is 0 Å². The molecule has 4 nitrogen and oxygen atoms in total. The number of aliphatic hydroxyl groups excluding tert-OH is 1. The summed E-state index contributed by atoms with van der Waals surface area (Å²) < 4.78 is 5.44. The summed E-state index contributed by atoms with van der Waals surface area (Å²) in [6, 6.07) is 7.35. The SMILES string of the molecule is CCOc1ccccc1NC(=O)C(C)SCCO. The van der Waals surface area contributed by atoms with E-state index in [-0.39, 0.29) is 17.8 Å². The van der Waals surface area contributed by atoms with Gasteiger partial charge in [0.15, 0.2) is 0 Å². The van der Waals surface area contributed by atoms with E-state index >= 15 is 0 Å². The molecule has 0 heterocycles. The Morgan fingerprint density at radius 2 is 2.22 bits per heavy atom. The Kier molecular flexibility index (Phi) is 6.60. The Labute approximate surface area is 112 Å². The first kappa shape index (κ1) is 14.9. The maximum atomic E-state index is 11.9. The van der Waals surface area contributed by atoms with Gasteiger partial charge < -0.3 is 15.2 Å². The Bertz CT molecular complexity index is 384. The van der Waals surface area contributed by atoms with E-state index in [9.17, 15) is 4.79 Å². The van der Waals surface area contributed by atoms with Crippen LogP contribution in [-0.2, 0) is 4.79 Å². The van der Waals surface area contributed by atoms with E-state index in [0.717, 1.165) is 0 Å². The van der Waals surface area contributed by atoms with Crippen molar-refractivity contribution in [2.45, 2.75) is 19.1 Å². The van der Waals surface area contributed by atoms with Crippen LogP contribution in [0.5, 0.6) is 5.75 Å². The van der Waals surface area contributed by atoms with Gasteiger partial charge in [0.2, 0.25) is 5.91 Å². The summed E-state index contributed by atoms with van der Waals surface area (Å²) >= 11 is 1.42. The molecular formula is C13H19NO3S. The van der Waals surface area contributed by atoms with Gasteiger partial charge in [-0.3, -0.25) is 4.79 Å². The van der Waals surface area contributed by atoms with Crippen LogP contribution in [0.15, 0.2) is 24.3 Å². The van der Waals surface area contributed by atoms with Crippen LogP contribution in [-0.4, -0.2) is 35.2 Å². The smallest absolute Gasteiger partial charge is 0.237 e. The molecule has 0 aliphatic carbocycles. The van der Waals surface area contributed by atoms with Gasteiger partial charge in [-0.2, -0.15) is 0 Å². The lowest BCUT2D eigenvalue weighted by atomic mass is 10.3. The van der Waals surface area contributed by atoms with Crippen LogP contribution in [0.25, 0.3) is 0 Å². The molecule has 1 amide bonds. The van der Waals surface area contributed by atoms with Crippen molar-refractivity contribution in [2.24, 2.45) is 0 Å². The first-order valence-corrected chi connectivity index (χ1v) is 6.99. The highest BCUT2D eigenvalue weighted by molar-refractivity contribution is 8.00. The lowest BCUT2D eigenvalue weighted by Gasteiger charge is -2.14. The third kappa shape index (κ3) is 4.58. The van der Waals surface area contributed by atoms with Gasteiger partial charge in [0.25, 0.3) is 0 Å². The molecule has 18 heavy (non-hydrogen) atoms. The molecule has 1 unspecified atom stereocenters. The Hall–Kier alpha value is -1.20. The number of hydrogen-bond donors (Lipinski definition) is 2. The minimum atomic E-state index is -0.202. The van der Waals surface area contributed by atoms with Crippen molar-refractivity contribution in [3.8, 4) is 5.75 Å². The first-order valence-electron chi connectivity index (χ1n) is 5.94. The van der Waals surface area contributed by atoms with Crippen molar-refractivity contribution in [3.05, 3.63) is 24.3 Å². The molecule has 100 valence electrons. The maximum absolute atomic E-state index is 11.9. The molecule has 0 aliphatic rings. The van der Waals surface area contributed by atoms with Crippen LogP contribution < -0.4 is 10.1 Å². The molecule has 1 aromatic carbocycles. The highest BCUT2D eigenvalue weighted by Crippen LogP contribution is 2.24. The molecular weight excluding hydrogens is 250 g/mol. The molecule has 0 spiro atoms. The average molecular weight is 269 g/mol. The van der Waals surface area contributed by atoms with Crippen molar-refractivity contribution >= 4 is 23.4 Å². The number of rotatable bonds is 7. The van der Waals surface area contributed by atoms with E-state index in [2.05, 4.69) is 5.32 Å². The summed E-state index contributed by atoms with van der Waals surface area (Å²) in [5.41, 5.74) is 0.681. The largest absolute Gasteiger partial charge is 0.492 e. The number of thioether (sulfide) groups is 1. The number of benzene rings is 1. The van der Waals surface area contributed by atoms with E-state index in [1.165, 1.54) is 11.8 Å². The molecule has 0 aromatic heterocycles. The number of carbonyl (C=O) groups is 1. The summed E-state index contributed by atoms with van der Waals surface area (Å²) in [4.78, 5) is 11.9. The highest BCUT2D eigenvalue weighted by atomic mass is 32.2. The molecule has 0 saturated carbocycles. The van der Waals surface area contributed by atoms with E-state index in [4.69, 9.17) is 9.84 Å². The standard InChI is InChI=1S/C13H19NO3S/c1-3-17-12-7-5-4-6-11(12)14-13(16)10(2)18-9-8-15/h4-7,10,15H,3,8-9H2,1-2H3,(H,14,16). The zero-order valence-electron chi connectivity index (χ0n) is 10.7. The Balaban J connectivity index is 2.63. The number of anilines is 1. The Morgan fingerprint density at radius 1 is 1.50 bits per heavy atom. The average Bonchev–Trinajstić information content (AvgIpc) is 2.38. The first-order chi connectivity index (χ1) is 8.69. The summed E-state index contributed by atoms with van der Waals surface area (Å²) in [6.07, 6.45) is 0. The van der Waals surface area contributed by atoms with E-state index < -0.39 is 0 Å². The van der Waals surface area contributed by atoms with E-state index in [1.807, 2.05) is 38.1 Å². The fraction of sp³-hybridized carbons (Fsp3) is 0.462. The second-order valence-corrected chi connectivity index (χ2v) is 5.10. The van der Waals surface area contributed by atoms with Crippen LogP contribution >= 0.6 is 11.8 Å². The fourth-order valence-corrected chi connectivity index (χ4v) is 2.06. The van der Waals surface area contributed by atoms with Crippen LogP contribution in [0.1, 0.15) is 13.8 Å². The van der Waals surface area contributed by atoms with E-state index in [0.29, 0.717) is 23.8 Å². The van der Waals surface area contributed by atoms with Gasteiger partial charge in [-0.15, -0.1) is 11.8 Å². The molecule has 2 N–H and O–H groups in total. The predicted octanol–water partition coefficient (Wildman–Crippen LogP) is 2.14. The number of nitrogens with one attached hydrogen (secondary N) is 1. The summed E-state index contributed by atoms with van der Waals surface area (Å²) in [6.45, 7) is 4.36. The van der Waals surface area contributed by atoms with Gasteiger partial charge in [-0.1, -0.05) is 12.1 Å². The lowest BCUT2D eigenvalue weighted by Crippen LogP contribution is -2.23. The maximum Gasteiger partial charge on any atom is 0.237 e. The van der Waals surface area contributed by atoms with Crippen LogP contribution in [0.3, 0.4) is 0 Å². The van der Waals surface area contributed by atoms with Crippen molar-refractivity contribution in [1.82, 2.24) is 0 Å². The van der Waals surface area contributed by atoms with Gasteiger partial charge in [-0.25, -0.2) is 0 Å². The molecule has 1 atom stereocenters. The minimum Gasteiger partial charge on any atom is -0.492 e. The van der Waals surface area contributed by atoms with Crippen molar-refractivity contribution in [2.75, 3.05) is 24.3 Å². The molecule has 0 saturated heterocycles. The van der Waals surface area contributed by atoms with Crippen LogP contribution in [0, 0.1) is 0 Å². The zero-order chi connectivity index (χ0) is 13.4. The Morgan fingerprint density at radius 3 is 2.89 bits per heavy atom. The van der Waals surface area contributed by atoms with Gasteiger partial charge in [0.05, 0.1) is 24.2 Å². The van der Waals surface area contributed by atoms with Crippen molar-refractivity contribution in [1.29, 1.82) is 0 Å². The summed E-state index contributed by atoms with van der Waals surface area (Å²) in [5, 5.41) is 11.4. The number of para-hydroxylation sites is 2. The molecule has 5 heteroatoms. The van der Waals surface area contributed by atoms with Gasteiger partial charge in [0, 0.05) is 5.75 Å². The number of ether oxygens (including phenoxy) is 1. The summed E-state index contributed by atoms with van der Waals surface area (Å²) in [5.74, 6) is 1.15. The van der Waals surface area contributed by atoms with Gasteiger partial charge in [0.1, 0.15) is 5.75 Å². The predicted molar refractivity (Wildman–Crippen MR) is 75.2 cm³/mol. The van der Waals surface area contributed by atoms with Crippen LogP contribution in [0.4, 0.5) is 5.69 Å². The third-order valence-electron chi connectivity index (χ3n) is 2.27. The number of amides is 1. The second-order valence-electron chi connectivity index (χ2n) is 3.66.